The van der Waals surface area contributed by atoms with Crippen molar-refractivity contribution in [1.29, 1.82) is 0 Å². The largest absolute Gasteiger partial charge is 0.489 e. The van der Waals surface area contributed by atoms with E-state index in [1.165, 1.54) is 6.92 Å². The van der Waals surface area contributed by atoms with Crippen molar-refractivity contribution < 1.29 is 14.3 Å². The molecule has 0 aliphatic carbocycles. The summed E-state index contributed by atoms with van der Waals surface area (Å²) >= 11 is 7.92. The fourth-order valence-corrected chi connectivity index (χ4v) is 4.56. The molecule has 2 atom stereocenters. The number of benzene rings is 1. The van der Waals surface area contributed by atoms with Gasteiger partial charge >= 0.3 is 0 Å². The summed E-state index contributed by atoms with van der Waals surface area (Å²) in [7, 11) is 0. The topological polar surface area (TPSA) is 35.5 Å². The van der Waals surface area contributed by atoms with Gasteiger partial charge in [0.1, 0.15) is 11.9 Å². The molecule has 0 amide bonds. The van der Waals surface area contributed by atoms with Crippen molar-refractivity contribution in [2.75, 3.05) is 18.1 Å². The van der Waals surface area contributed by atoms with Gasteiger partial charge in [-0.25, -0.2) is 0 Å². The van der Waals surface area contributed by atoms with Crippen LogP contribution >= 0.6 is 23.4 Å². The number of carbonyl (C=O) groups is 1. The van der Waals surface area contributed by atoms with Gasteiger partial charge in [-0.2, -0.15) is 11.8 Å². The van der Waals surface area contributed by atoms with Crippen LogP contribution in [0, 0.1) is 0 Å². The fraction of sp³-hybridized carbons (Fsp3) is 0.562. The van der Waals surface area contributed by atoms with E-state index in [0.29, 0.717) is 16.3 Å². The molecule has 1 aromatic rings. The van der Waals surface area contributed by atoms with E-state index < -0.39 is 0 Å². The first-order valence-corrected chi connectivity index (χ1v) is 8.80. The normalized spacial score (nSPS) is 28.8. The standard InChI is InChI=1S/C16H19ClO3S/c1-11(18)14-8-12(17)2-3-15(14)20-13-4-6-19-16(9-13)5-7-21-10-16/h2-3,8,13H,4-7,9-10H2,1H3. The number of thioether (sulfide) groups is 1. The lowest BCUT2D eigenvalue weighted by Gasteiger charge is -2.37. The van der Waals surface area contributed by atoms with Gasteiger partial charge in [0.2, 0.25) is 0 Å². The van der Waals surface area contributed by atoms with Crippen LogP contribution in [0.25, 0.3) is 0 Å². The van der Waals surface area contributed by atoms with E-state index in [9.17, 15) is 4.79 Å². The minimum Gasteiger partial charge on any atom is -0.489 e. The Morgan fingerprint density at radius 1 is 1.52 bits per heavy atom. The molecule has 2 aliphatic heterocycles. The van der Waals surface area contributed by atoms with Gasteiger partial charge < -0.3 is 9.47 Å². The minimum atomic E-state index is -0.0225. The lowest BCUT2D eigenvalue weighted by atomic mass is 9.91. The molecule has 21 heavy (non-hydrogen) atoms. The van der Waals surface area contributed by atoms with Gasteiger partial charge in [0.25, 0.3) is 0 Å². The molecule has 3 rings (SSSR count). The second-order valence-electron chi connectivity index (χ2n) is 5.76. The highest BCUT2D eigenvalue weighted by Gasteiger charge is 2.41. The zero-order valence-electron chi connectivity index (χ0n) is 12.1. The van der Waals surface area contributed by atoms with Crippen molar-refractivity contribution in [2.45, 2.75) is 37.9 Å². The molecule has 2 fully saturated rings. The molecule has 2 aliphatic rings. The minimum absolute atomic E-state index is 0.0175. The molecule has 0 aromatic heterocycles. The van der Waals surface area contributed by atoms with Gasteiger partial charge in [0, 0.05) is 23.6 Å². The Balaban J connectivity index is 1.75. The molecule has 114 valence electrons. The number of Topliss-reactive ketones (excluding diaryl/α,β-unsaturated/α-hetero) is 1. The van der Waals surface area contributed by atoms with Gasteiger partial charge in [0.15, 0.2) is 5.78 Å². The van der Waals surface area contributed by atoms with E-state index in [0.717, 1.165) is 37.4 Å². The zero-order chi connectivity index (χ0) is 14.9. The Morgan fingerprint density at radius 3 is 3.10 bits per heavy atom. The smallest absolute Gasteiger partial charge is 0.163 e. The number of hydrogen-bond donors (Lipinski definition) is 0. The number of carbonyl (C=O) groups excluding carboxylic acids is 1. The number of hydrogen-bond acceptors (Lipinski definition) is 4. The average molecular weight is 327 g/mol. The van der Waals surface area contributed by atoms with E-state index in [4.69, 9.17) is 21.1 Å². The van der Waals surface area contributed by atoms with Crippen LogP contribution in [0.15, 0.2) is 18.2 Å². The Labute approximate surface area is 134 Å². The summed E-state index contributed by atoms with van der Waals surface area (Å²) in [6.07, 6.45) is 2.97. The average Bonchev–Trinajstić information content (AvgIpc) is 2.88. The Bertz CT molecular complexity index is 540. The molecular weight excluding hydrogens is 308 g/mol. The lowest BCUT2D eigenvalue weighted by molar-refractivity contribution is -0.0959. The van der Waals surface area contributed by atoms with Crippen LogP contribution in [0.3, 0.4) is 0 Å². The zero-order valence-corrected chi connectivity index (χ0v) is 13.6. The molecule has 0 bridgehead atoms. The molecule has 3 nitrogen and oxygen atoms in total. The van der Waals surface area contributed by atoms with Gasteiger partial charge in [-0.15, -0.1) is 0 Å². The molecule has 0 N–H and O–H groups in total. The molecular formula is C16H19ClO3S. The van der Waals surface area contributed by atoms with Crippen LogP contribution < -0.4 is 4.74 Å². The summed E-state index contributed by atoms with van der Waals surface area (Å²) in [5.74, 6) is 2.82. The maximum Gasteiger partial charge on any atom is 0.163 e. The predicted molar refractivity (Wildman–Crippen MR) is 85.7 cm³/mol. The maximum atomic E-state index is 11.7. The predicted octanol–water partition coefficient (Wildman–Crippen LogP) is 3.98. The fourth-order valence-electron chi connectivity index (χ4n) is 3.01. The third-order valence-corrected chi connectivity index (χ3v) is 5.59. The molecule has 1 spiro atoms. The summed E-state index contributed by atoms with van der Waals surface area (Å²) < 4.78 is 12.1. The van der Waals surface area contributed by atoms with Gasteiger partial charge in [-0.05, 0) is 37.3 Å². The van der Waals surface area contributed by atoms with Crippen LogP contribution in [-0.4, -0.2) is 35.6 Å². The van der Waals surface area contributed by atoms with Crippen molar-refractivity contribution in [3.8, 4) is 5.75 Å². The van der Waals surface area contributed by atoms with E-state index >= 15 is 0 Å². The van der Waals surface area contributed by atoms with E-state index in [1.54, 1.807) is 18.2 Å². The van der Waals surface area contributed by atoms with Crippen molar-refractivity contribution in [3.05, 3.63) is 28.8 Å². The van der Waals surface area contributed by atoms with Crippen molar-refractivity contribution in [3.63, 3.8) is 0 Å². The summed E-state index contributed by atoms with van der Waals surface area (Å²) in [4.78, 5) is 11.7. The molecule has 2 heterocycles. The van der Waals surface area contributed by atoms with Crippen molar-refractivity contribution in [1.82, 2.24) is 0 Å². The Kier molecular flexibility index (Phi) is 4.48. The van der Waals surface area contributed by atoms with Crippen LogP contribution in [0.1, 0.15) is 36.5 Å². The molecule has 2 saturated heterocycles. The first kappa shape index (κ1) is 15.2. The van der Waals surface area contributed by atoms with E-state index in [-0.39, 0.29) is 17.5 Å². The van der Waals surface area contributed by atoms with Gasteiger partial charge in [0.05, 0.1) is 17.8 Å². The molecule has 0 radical (unpaired) electrons. The van der Waals surface area contributed by atoms with Crippen molar-refractivity contribution in [2.24, 2.45) is 0 Å². The SMILES string of the molecule is CC(=O)c1cc(Cl)ccc1OC1CCOC2(CCSC2)C1. The number of ketones is 1. The van der Waals surface area contributed by atoms with Crippen LogP contribution in [0.4, 0.5) is 0 Å². The molecule has 2 unspecified atom stereocenters. The van der Waals surface area contributed by atoms with Gasteiger partial charge in [-0.1, -0.05) is 11.6 Å². The first-order valence-electron chi connectivity index (χ1n) is 7.27. The monoisotopic (exact) mass is 326 g/mol. The van der Waals surface area contributed by atoms with E-state index in [2.05, 4.69) is 0 Å². The van der Waals surface area contributed by atoms with Crippen LogP contribution in [0.5, 0.6) is 5.75 Å². The Hall–Kier alpha value is -0.710. The van der Waals surface area contributed by atoms with E-state index in [1.807, 2.05) is 11.8 Å². The number of halogens is 1. The van der Waals surface area contributed by atoms with Crippen LogP contribution in [0.2, 0.25) is 5.02 Å². The summed E-state index contributed by atoms with van der Waals surface area (Å²) in [6, 6.07) is 5.24. The summed E-state index contributed by atoms with van der Waals surface area (Å²) in [6.45, 7) is 2.27. The maximum absolute atomic E-state index is 11.7. The highest BCUT2D eigenvalue weighted by Crippen LogP contribution is 2.39. The Morgan fingerprint density at radius 2 is 2.38 bits per heavy atom. The molecule has 0 saturated carbocycles. The quantitative estimate of drug-likeness (QED) is 0.787. The third kappa shape index (κ3) is 3.38. The first-order chi connectivity index (χ1) is 10.1. The second-order valence-corrected chi connectivity index (χ2v) is 7.30. The van der Waals surface area contributed by atoms with Crippen molar-refractivity contribution >= 4 is 29.1 Å². The van der Waals surface area contributed by atoms with Crippen LogP contribution in [-0.2, 0) is 4.74 Å². The van der Waals surface area contributed by atoms with Gasteiger partial charge in [-0.3, -0.25) is 4.79 Å². The highest BCUT2D eigenvalue weighted by atomic mass is 35.5. The number of ether oxygens (including phenoxy) is 2. The lowest BCUT2D eigenvalue weighted by Crippen LogP contribution is -2.43. The second kappa shape index (κ2) is 6.19. The summed E-state index contributed by atoms with van der Waals surface area (Å²) in [5.41, 5.74) is 0.542. The highest BCUT2D eigenvalue weighted by molar-refractivity contribution is 7.99. The molecule has 5 heteroatoms. The summed E-state index contributed by atoms with van der Waals surface area (Å²) in [5, 5.41) is 0.559. The molecule has 1 aromatic carbocycles. The third-order valence-electron chi connectivity index (χ3n) is 4.13. The number of rotatable bonds is 3.